The van der Waals surface area contributed by atoms with Gasteiger partial charge in [-0.3, -0.25) is 0 Å². The van der Waals surface area contributed by atoms with Gasteiger partial charge in [0.25, 0.3) is 0 Å². The lowest BCUT2D eigenvalue weighted by Gasteiger charge is -2.13. The molecule has 0 saturated carbocycles. The molecular formula is C13H14BrNO2. The number of methoxy groups -OCH3 is 1. The second-order valence-electron chi connectivity index (χ2n) is 3.74. The molecule has 0 aliphatic rings. The van der Waals surface area contributed by atoms with Crippen LogP contribution >= 0.6 is 15.9 Å². The van der Waals surface area contributed by atoms with Crippen LogP contribution in [-0.2, 0) is 0 Å². The standard InChI is InChI=1S/C13H14BrNO2/c1-9(12-6-7-13(14)17-12)15-10-4-3-5-11(8-10)16-2/h3-9,15H,1-2H3. The summed E-state index contributed by atoms with van der Waals surface area (Å²) in [6.45, 7) is 2.05. The maximum absolute atomic E-state index is 5.50. The fourth-order valence-electron chi connectivity index (χ4n) is 1.59. The fraction of sp³-hybridized carbons (Fsp3) is 0.231. The smallest absolute Gasteiger partial charge is 0.169 e. The molecule has 1 unspecified atom stereocenters. The van der Waals surface area contributed by atoms with Crippen LogP contribution in [-0.4, -0.2) is 7.11 Å². The van der Waals surface area contributed by atoms with Crippen LogP contribution in [0.3, 0.4) is 0 Å². The Morgan fingerprint density at radius 3 is 2.76 bits per heavy atom. The molecule has 2 rings (SSSR count). The van der Waals surface area contributed by atoms with Crippen molar-refractivity contribution in [3.05, 3.63) is 46.8 Å². The summed E-state index contributed by atoms with van der Waals surface area (Å²) in [6, 6.07) is 11.8. The van der Waals surface area contributed by atoms with E-state index in [9.17, 15) is 0 Å². The van der Waals surface area contributed by atoms with E-state index in [-0.39, 0.29) is 6.04 Å². The summed E-state index contributed by atoms with van der Waals surface area (Å²) < 4.78 is 11.4. The Morgan fingerprint density at radius 1 is 1.29 bits per heavy atom. The van der Waals surface area contributed by atoms with Crippen molar-refractivity contribution >= 4 is 21.6 Å². The molecule has 17 heavy (non-hydrogen) atoms. The molecule has 0 amide bonds. The van der Waals surface area contributed by atoms with E-state index in [1.807, 2.05) is 43.3 Å². The van der Waals surface area contributed by atoms with Crippen molar-refractivity contribution in [3.63, 3.8) is 0 Å². The van der Waals surface area contributed by atoms with Crippen LogP contribution in [0, 0.1) is 0 Å². The Morgan fingerprint density at radius 2 is 2.12 bits per heavy atom. The number of halogens is 1. The van der Waals surface area contributed by atoms with Gasteiger partial charge >= 0.3 is 0 Å². The van der Waals surface area contributed by atoms with Crippen molar-refractivity contribution in [3.8, 4) is 5.75 Å². The van der Waals surface area contributed by atoms with Gasteiger partial charge in [0.05, 0.1) is 13.2 Å². The predicted molar refractivity (Wildman–Crippen MR) is 71.4 cm³/mol. The highest BCUT2D eigenvalue weighted by atomic mass is 79.9. The summed E-state index contributed by atoms with van der Waals surface area (Å²) >= 11 is 3.29. The van der Waals surface area contributed by atoms with Crippen molar-refractivity contribution in [2.24, 2.45) is 0 Å². The van der Waals surface area contributed by atoms with Gasteiger partial charge in [0, 0.05) is 11.8 Å². The van der Waals surface area contributed by atoms with E-state index in [1.54, 1.807) is 7.11 Å². The normalized spacial score (nSPS) is 12.2. The third kappa shape index (κ3) is 3.03. The van der Waals surface area contributed by atoms with Gasteiger partial charge in [-0.2, -0.15) is 0 Å². The molecule has 1 heterocycles. The molecule has 0 spiro atoms. The largest absolute Gasteiger partial charge is 0.497 e. The Labute approximate surface area is 109 Å². The van der Waals surface area contributed by atoms with Gasteiger partial charge in [0.2, 0.25) is 0 Å². The Kier molecular flexibility index (Phi) is 3.74. The monoisotopic (exact) mass is 295 g/mol. The zero-order valence-corrected chi connectivity index (χ0v) is 11.3. The lowest BCUT2D eigenvalue weighted by atomic mass is 10.2. The molecule has 0 radical (unpaired) electrons. The molecular weight excluding hydrogens is 282 g/mol. The number of rotatable bonds is 4. The number of anilines is 1. The third-order valence-electron chi connectivity index (χ3n) is 2.47. The molecule has 0 aliphatic heterocycles. The Bertz CT molecular complexity index is 496. The van der Waals surface area contributed by atoms with Gasteiger partial charge in [0.1, 0.15) is 11.5 Å². The maximum atomic E-state index is 5.50. The third-order valence-corrected chi connectivity index (χ3v) is 2.90. The first-order valence-corrected chi connectivity index (χ1v) is 6.14. The van der Waals surface area contributed by atoms with Crippen molar-refractivity contribution in [2.45, 2.75) is 13.0 Å². The number of benzene rings is 1. The minimum Gasteiger partial charge on any atom is -0.497 e. The highest BCUT2D eigenvalue weighted by Gasteiger charge is 2.09. The number of ether oxygens (including phenoxy) is 1. The van der Waals surface area contributed by atoms with Crippen LogP contribution in [0.25, 0.3) is 0 Å². The molecule has 3 nitrogen and oxygen atoms in total. The van der Waals surface area contributed by atoms with Crippen LogP contribution < -0.4 is 10.1 Å². The summed E-state index contributed by atoms with van der Waals surface area (Å²) in [5.41, 5.74) is 1.00. The average molecular weight is 296 g/mol. The van der Waals surface area contributed by atoms with Crippen LogP contribution in [0.4, 0.5) is 5.69 Å². The number of furan rings is 1. The SMILES string of the molecule is COc1cccc(NC(C)c2ccc(Br)o2)c1. The first kappa shape index (κ1) is 12.0. The molecule has 1 N–H and O–H groups in total. The minimum atomic E-state index is 0.105. The lowest BCUT2D eigenvalue weighted by molar-refractivity contribution is 0.415. The highest BCUT2D eigenvalue weighted by molar-refractivity contribution is 9.10. The number of hydrogen-bond donors (Lipinski definition) is 1. The summed E-state index contributed by atoms with van der Waals surface area (Å²) in [7, 11) is 1.66. The molecule has 1 aromatic carbocycles. The van der Waals surface area contributed by atoms with Crippen molar-refractivity contribution in [1.29, 1.82) is 0 Å². The number of nitrogens with one attached hydrogen (secondary N) is 1. The second-order valence-corrected chi connectivity index (χ2v) is 4.52. The quantitative estimate of drug-likeness (QED) is 0.917. The first-order chi connectivity index (χ1) is 8.19. The highest BCUT2D eigenvalue weighted by Crippen LogP contribution is 2.25. The van der Waals surface area contributed by atoms with Gasteiger partial charge in [-0.15, -0.1) is 0 Å². The molecule has 0 fully saturated rings. The molecule has 1 atom stereocenters. The zero-order valence-electron chi connectivity index (χ0n) is 9.74. The van der Waals surface area contributed by atoms with E-state index in [4.69, 9.17) is 9.15 Å². The van der Waals surface area contributed by atoms with Crippen LogP contribution in [0.1, 0.15) is 18.7 Å². The topological polar surface area (TPSA) is 34.4 Å². The molecule has 4 heteroatoms. The zero-order chi connectivity index (χ0) is 12.3. The van der Waals surface area contributed by atoms with E-state index >= 15 is 0 Å². The number of hydrogen-bond acceptors (Lipinski definition) is 3. The Hall–Kier alpha value is -1.42. The predicted octanol–water partition coefficient (Wildman–Crippen LogP) is 4.22. The summed E-state index contributed by atoms with van der Waals surface area (Å²) in [5.74, 6) is 1.72. The minimum absolute atomic E-state index is 0.105. The average Bonchev–Trinajstić information content (AvgIpc) is 2.76. The summed E-state index contributed by atoms with van der Waals surface area (Å²) in [5, 5.41) is 3.35. The van der Waals surface area contributed by atoms with E-state index in [2.05, 4.69) is 21.2 Å². The Balaban J connectivity index is 2.09. The second kappa shape index (κ2) is 5.27. The van der Waals surface area contributed by atoms with E-state index < -0.39 is 0 Å². The molecule has 90 valence electrons. The van der Waals surface area contributed by atoms with E-state index in [1.165, 1.54) is 0 Å². The maximum Gasteiger partial charge on any atom is 0.169 e. The van der Waals surface area contributed by atoms with Crippen molar-refractivity contribution < 1.29 is 9.15 Å². The van der Waals surface area contributed by atoms with E-state index in [0.717, 1.165) is 21.9 Å². The summed E-state index contributed by atoms with van der Waals surface area (Å²) in [4.78, 5) is 0. The van der Waals surface area contributed by atoms with Gasteiger partial charge < -0.3 is 14.5 Å². The van der Waals surface area contributed by atoms with Crippen molar-refractivity contribution in [1.82, 2.24) is 0 Å². The molecule has 0 bridgehead atoms. The molecule has 1 aromatic heterocycles. The van der Waals surface area contributed by atoms with Crippen LogP contribution in [0.5, 0.6) is 5.75 Å². The molecule has 0 aliphatic carbocycles. The summed E-state index contributed by atoms with van der Waals surface area (Å²) in [6.07, 6.45) is 0. The van der Waals surface area contributed by atoms with Gasteiger partial charge in [-0.1, -0.05) is 6.07 Å². The van der Waals surface area contributed by atoms with Crippen molar-refractivity contribution in [2.75, 3.05) is 12.4 Å². The van der Waals surface area contributed by atoms with Gasteiger partial charge in [-0.05, 0) is 47.1 Å². The molecule has 0 saturated heterocycles. The van der Waals surface area contributed by atoms with Gasteiger partial charge in [-0.25, -0.2) is 0 Å². The molecule has 2 aromatic rings. The lowest BCUT2D eigenvalue weighted by Crippen LogP contribution is -2.05. The van der Waals surface area contributed by atoms with Gasteiger partial charge in [0.15, 0.2) is 4.67 Å². The van der Waals surface area contributed by atoms with Crippen LogP contribution in [0.2, 0.25) is 0 Å². The van der Waals surface area contributed by atoms with Crippen LogP contribution in [0.15, 0.2) is 45.5 Å². The van der Waals surface area contributed by atoms with E-state index in [0.29, 0.717) is 0 Å². The fourth-order valence-corrected chi connectivity index (χ4v) is 1.91. The first-order valence-electron chi connectivity index (χ1n) is 5.35.